The molecule has 0 bridgehead atoms. The molecular formula is C65H122O6. The van der Waals surface area contributed by atoms with Crippen LogP contribution in [-0.2, 0) is 28.6 Å². The second-order valence-electron chi connectivity index (χ2n) is 21.7. The van der Waals surface area contributed by atoms with E-state index in [0.29, 0.717) is 19.3 Å². The zero-order valence-electron chi connectivity index (χ0n) is 48.0. The van der Waals surface area contributed by atoms with E-state index in [9.17, 15) is 14.4 Å². The number of unbranched alkanes of at least 4 members (excludes halogenated alkanes) is 44. The van der Waals surface area contributed by atoms with E-state index >= 15 is 0 Å². The molecule has 0 aliphatic rings. The maximum atomic E-state index is 12.9. The van der Waals surface area contributed by atoms with E-state index in [-0.39, 0.29) is 31.1 Å². The lowest BCUT2D eigenvalue weighted by atomic mass is 10.0. The quantitative estimate of drug-likeness (QED) is 0.0261. The van der Waals surface area contributed by atoms with E-state index in [0.717, 1.165) is 57.8 Å². The first-order valence-corrected chi connectivity index (χ1v) is 31.8. The number of hydrogen-bond acceptors (Lipinski definition) is 6. The number of rotatable bonds is 59. The van der Waals surface area contributed by atoms with E-state index in [2.05, 4.69) is 45.1 Å². The van der Waals surface area contributed by atoms with Crippen molar-refractivity contribution in [2.45, 2.75) is 361 Å². The van der Waals surface area contributed by atoms with Gasteiger partial charge in [0.2, 0.25) is 0 Å². The molecule has 6 heteroatoms. The van der Waals surface area contributed by atoms with Gasteiger partial charge in [0.05, 0.1) is 0 Å². The van der Waals surface area contributed by atoms with Gasteiger partial charge < -0.3 is 14.2 Å². The molecule has 0 aliphatic heterocycles. The van der Waals surface area contributed by atoms with Gasteiger partial charge in [0, 0.05) is 19.3 Å². The van der Waals surface area contributed by atoms with Crippen LogP contribution in [0.1, 0.15) is 355 Å². The van der Waals surface area contributed by atoms with Crippen LogP contribution < -0.4 is 0 Å². The van der Waals surface area contributed by atoms with Gasteiger partial charge in [0.25, 0.3) is 0 Å². The van der Waals surface area contributed by atoms with Crippen molar-refractivity contribution in [2.24, 2.45) is 0 Å². The zero-order chi connectivity index (χ0) is 51.4. The average molecular weight is 1000 g/mol. The Labute approximate surface area is 443 Å². The zero-order valence-corrected chi connectivity index (χ0v) is 48.0. The molecule has 0 aromatic heterocycles. The van der Waals surface area contributed by atoms with Crippen molar-refractivity contribution in [3.05, 3.63) is 24.3 Å². The third-order valence-electron chi connectivity index (χ3n) is 14.4. The number of allylic oxidation sites excluding steroid dienone is 4. The molecule has 0 saturated carbocycles. The molecule has 0 N–H and O–H groups in total. The fourth-order valence-corrected chi connectivity index (χ4v) is 9.61. The minimum Gasteiger partial charge on any atom is -0.462 e. The molecule has 1 atom stereocenters. The highest BCUT2D eigenvalue weighted by atomic mass is 16.6. The summed E-state index contributed by atoms with van der Waals surface area (Å²) in [4.78, 5) is 38.3. The highest BCUT2D eigenvalue weighted by Gasteiger charge is 2.19. The summed E-state index contributed by atoms with van der Waals surface area (Å²) in [6, 6.07) is 0. The Morgan fingerprint density at radius 2 is 0.465 bits per heavy atom. The van der Waals surface area contributed by atoms with Crippen LogP contribution in [0.2, 0.25) is 0 Å². The summed E-state index contributed by atoms with van der Waals surface area (Å²) >= 11 is 0. The normalized spacial score (nSPS) is 12.1. The lowest BCUT2D eigenvalue weighted by Gasteiger charge is -2.18. The molecule has 0 radical (unpaired) electrons. The van der Waals surface area contributed by atoms with Crippen LogP contribution in [0.5, 0.6) is 0 Å². The molecule has 0 rings (SSSR count). The number of ether oxygens (including phenoxy) is 3. The van der Waals surface area contributed by atoms with Gasteiger partial charge in [-0.25, -0.2) is 0 Å². The predicted molar refractivity (Wildman–Crippen MR) is 307 cm³/mol. The summed E-state index contributed by atoms with van der Waals surface area (Å²) in [5.41, 5.74) is 0. The van der Waals surface area contributed by atoms with E-state index < -0.39 is 6.10 Å². The fourth-order valence-electron chi connectivity index (χ4n) is 9.61. The molecule has 0 amide bonds. The maximum Gasteiger partial charge on any atom is 0.306 e. The average Bonchev–Trinajstić information content (AvgIpc) is 3.37. The Hall–Kier alpha value is -2.11. The summed E-state index contributed by atoms with van der Waals surface area (Å²) in [5, 5.41) is 0. The van der Waals surface area contributed by atoms with Crippen molar-refractivity contribution in [1.82, 2.24) is 0 Å². The minimum absolute atomic E-state index is 0.0684. The van der Waals surface area contributed by atoms with Crippen molar-refractivity contribution < 1.29 is 28.6 Å². The van der Waals surface area contributed by atoms with Crippen molar-refractivity contribution >= 4 is 17.9 Å². The second-order valence-corrected chi connectivity index (χ2v) is 21.7. The van der Waals surface area contributed by atoms with Gasteiger partial charge in [-0.2, -0.15) is 0 Å². The number of esters is 3. The van der Waals surface area contributed by atoms with Crippen molar-refractivity contribution in [1.29, 1.82) is 0 Å². The molecule has 0 saturated heterocycles. The Balaban J connectivity index is 4.32. The Morgan fingerprint density at radius 3 is 0.704 bits per heavy atom. The van der Waals surface area contributed by atoms with Gasteiger partial charge in [-0.15, -0.1) is 0 Å². The molecule has 6 nitrogen and oxygen atoms in total. The summed E-state index contributed by atoms with van der Waals surface area (Å²) < 4.78 is 16.9. The molecule has 0 unspecified atom stereocenters. The largest absolute Gasteiger partial charge is 0.462 e. The van der Waals surface area contributed by atoms with Crippen LogP contribution in [0.15, 0.2) is 24.3 Å². The lowest BCUT2D eigenvalue weighted by molar-refractivity contribution is -0.167. The Morgan fingerprint density at radius 1 is 0.268 bits per heavy atom. The Kier molecular flexibility index (Phi) is 58.6. The molecule has 0 aromatic carbocycles. The topological polar surface area (TPSA) is 78.9 Å². The van der Waals surface area contributed by atoms with Crippen LogP contribution in [0.25, 0.3) is 0 Å². The van der Waals surface area contributed by atoms with E-state index in [4.69, 9.17) is 14.2 Å². The van der Waals surface area contributed by atoms with Gasteiger partial charge in [0.15, 0.2) is 6.10 Å². The number of carbonyl (C=O) groups is 3. The lowest BCUT2D eigenvalue weighted by Crippen LogP contribution is -2.30. The van der Waals surface area contributed by atoms with Gasteiger partial charge in [-0.3, -0.25) is 14.4 Å². The predicted octanol–water partition coefficient (Wildman–Crippen LogP) is 21.4. The second kappa shape index (κ2) is 60.4. The smallest absolute Gasteiger partial charge is 0.306 e. The molecule has 0 fully saturated rings. The molecule has 71 heavy (non-hydrogen) atoms. The van der Waals surface area contributed by atoms with Gasteiger partial charge in [-0.1, -0.05) is 289 Å². The van der Waals surface area contributed by atoms with Crippen LogP contribution in [0.3, 0.4) is 0 Å². The monoisotopic (exact) mass is 999 g/mol. The first-order chi connectivity index (χ1) is 35.0. The summed E-state index contributed by atoms with van der Waals surface area (Å²) in [5.74, 6) is -0.849. The van der Waals surface area contributed by atoms with Crippen LogP contribution in [0, 0.1) is 0 Å². The molecule has 0 aromatic rings. The molecule has 0 heterocycles. The fraction of sp³-hybridized carbons (Fsp3) is 0.892. The van der Waals surface area contributed by atoms with Crippen LogP contribution >= 0.6 is 0 Å². The summed E-state index contributed by atoms with van der Waals surface area (Å²) in [7, 11) is 0. The number of hydrogen-bond donors (Lipinski definition) is 0. The molecule has 0 spiro atoms. The molecular weight excluding hydrogens is 877 g/mol. The molecule has 0 aliphatic carbocycles. The highest BCUT2D eigenvalue weighted by Crippen LogP contribution is 2.17. The van der Waals surface area contributed by atoms with E-state index in [1.54, 1.807) is 0 Å². The first kappa shape index (κ1) is 68.9. The minimum atomic E-state index is -0.771. The van der Waals surface area contributed by atoms with Crippen LogP contribution in [0.4, 0.5) is 0 Å². The standard InChI is InChI=1S/C65H122O6/c1-4-7-10-13-16-19-22-25-28-31-32-35-37-40-43-46-49-52-55-58-64(67)70-61-62(71-65(68)59-56-53-50-47-44-41-38-34-30-27-24-21-18-15-12-9-6-3)60-69-63(66)57-54-51-48-45-42-39-36-33-29-26-23-20-17-14-11-8-5-2/h25,27-28,30,62H,4-24,26,29,31-61H2,1-3H3/b28-25-,30-27-/t62-/m0/s1. The summed E-state index contributed by atoms with van der Waals surface area (Å²) in [6.07, 6.45) is 71.7. The third-order valence-corrected chi connectivity index (χ3v) is 14.4. The van der Waals surface area contributed by atoms with Crippen molar-refractivity contribution in [2.75, 3.05) is 13.2 Å². The van der Waals surface area contributed by atoms with Crippen molar-refractivity contribution in [3.63, 3.8) is 0 Å². The molecule has 418 valence electrons. The maximum absolute atomic E-state index is 12.9. The third kappa shape index (κ3) is 58.7. The van der Waals surface area contributed by atoms with Crippen molar-refractivity contribution in [3.8, 4) is 0 Å². The van der Waals surface area contributed by atoms with Gasteiger partial charge in [-0.05, 0) is 70.6 Å². The Bertz CT molecular complexity index is 1150. The SMILES string of the molecule is CCCCCCCC/C=C\CCCCCCCCCCCC(=O)OC[C@H](COC(=O)CCCCCCCCCCCCCCCCCCC)OC(=O)CCCCCCCCC/C=C\CCCCCCCC. The van der Waals surface area contributed by atoms with Crippen LogP contribution in [-0.4, -0.2) is 37.2 Å². The number of carbonyl (C=O) groups excluding carboxylic acids is 3. The summed E-state index contributed by atoms with van der Waals surface area (Å²) in [6.45, 7) is 6.69. The van der Waals surface area contributed by atoms with E-state index in [1.165, 1.54) is 257 Å². The van der Waals surface area contributed by atoms with Gasteiger partial charge >= 0.3 is 17.9 Å². The first-order valence-electron chi connectivity index (χ1n) is 31.8. The van der Waals surface area contributed by atoms with E-state index in [1.807, 2.05) is 0 Å². The van der Waals surface area contributed by atoms with Gasteiger partial charge in [0.1, 0.15) is 13.2 Å². The highest BCUT2D eigenvalue weighted by molar-refractivity contribution is 5.71.